The van der Waals surface area contributed by atoms with Crippen LogP contribution in [0.15, 0.2) is 11.1 Å². The fourth-order valence-electron chi connectivity index (χ4n) is 1.50. The zero-order chi connectivity index (χ0) is 12.8. The number of rotatable bonds is 6. The van der Waals surface area contributed by atoms with E-state index in [4.69, 9.17) is 0 Å². The molecule has 1 aromatic rings. The van der Waals surface area contributed by atoms with Crippen LogP contribution in [-0.4, -0.2) is 22.1 Å². The van der Waals surface area contributed by atoms with Crippen molar-refractivity contribution in [2.45, 2.75) is 46.2 Å². The molecule has 0 atom stereocenters. The molecule has 0 amide bonds. The van der Waals surface area contributed by atoms with Gasteiger partial charge < -0.3 is 5.32 Å². The van der Waals surface area contributed by atoms with Gasteiger partial charge in [0.05, 0.1) is 15.6 Å². The monoisotopic (exact) mass is 349 g/mol. The van der Waals surface area contributed by atoms with Crippen molar-refractivity contribution in [3.63, 3.8) is 0 Å². The number of nitrogens with zero attached hydrogens (tertiary/aromatic N) is 2. The van der Waals surface area contributed by atoms with E-state index in [1.165, 1.54) is 0 Å². The van der Waals surface area contributed by atoms with Crippen LogP contribution in [0.25, 0.3) is 0 Å². The Bertz CT molecular complexity index is 415. The summed E-state index contributed by atoms with van der Waals surface area (Å²) < 4.78 is 2.43. The lowest BCUT2D eigenvalue weighted by Gasteiger charge is -2.09. The molecule has 1 rings (SSSR count). The van der Waals surface area contributed by atoms with Gasteiger partial charge in [-0.3, -0.25) is 9.36 Å². The Balaban J connectivity index is 2.43. The lowest BCUT2D eigenvalue weighted by molar-refractivity contribution is 0.522. The molecule has 0 aliphatic carbocycles. The number of nitrogens with one attached hydrogen (secondary N) is 1. The molecule has 0 aliphatic rings. The van der Waals surface area contributed by atoms with Crippen LogP contribution < -0.4 is 10.9 Å². The van der Waals surface area contributed by atoms with Crippen LogP contribution in [0.2, 0.25) is 0 Å². The fraction of sp³-hybridized carbons (Fsp3) is 0.667. The van der Waals surface area contributed by atoms with Crippen molar-refractivity contribution >= 4 is 22.6 Å². The lowest BCUT2D eigenvalue weighted by atomic mass is 10.3. The van der Waals surface area contributed by atoms with Crippen LogP contribution in [0.4, 0.5) is 0 Å². The Kier molecular flexibility index (Phi) is 6.11. The number of aromatic nitrogens is 2. The standard InChI is InChI=1S/C12H20IN3O/c1-9(2)14-6-4-5-7-16-8-15-10(3)11(13)12(16)17/h8-9,14H,4-7H2,1-3H3. The van der Waals surface area contributed by atoms with Crippen LogP contribution in [-0.2, 0) is 6.54 Å². The van der Waals surface area contributed by atoms with E-state index < -0.39 is 0 Å². The van der Waals surface area contributed by atoms with Crippen molar-refractivity contribution in [1.82, 2.24) is 14.9 Å². The first-order valence-corrected chi connectivity index (χ1v) is 7.05. The van der Waals surface area contributed by atoms with Crippen molar-refractivity contribution in [2.75, 3.05) is 6.54 Å². The van der Waals surface area contributed by atoms with Crippen molar-refractivity contribution in [3.05, 3.63) is 25.9 Å². The summed E-state index contributed by atoms with van der Waals surface area (Å²) in [5.74, 6) is 0. The number of unbranched alkanes of at least 4 members (excludes halogenated alkanes) is 1. The maximum absolute atomic E-state index is 11.9. The highest BCUT2D eigenvalue weighted by Gasteiger charge is 2.04. The van der Waals surface area contributed by atoms with Crippen LogP contribution in [0.5, 0.6) is 0 Å². The molecule has 0 saturated carbocycles. The minimum atomic E-state index is 0.0786. The molecule has 1 N–H and O–H groups in total. The summed E-state index contributed by atoms with van der Waals surface area (Å²) in [5, 5.41) is 3.36. The van der Waals surface area contributed by atoms with Gasteiger partial charge in [-0.05, 0) is 48.9 Å². The third-order valence-electron chi connectivity index (χ3n) is 2.54. The first-order valence-electron chi connectivity index (χ1n) is 5.97. The quantitative estimate of drug-likeness (QED) is 0.631. The third-order valence-corrected chi connectivity index (χ3v) is 3.78. The molecular weight excluding hydrogens is 329 g/mol. The van der Waals surface area contributed by atoms with Gasteiger partial charge in [0.1, 0.15) is 0 Å². The minimum Gasteiger partial charge on any atom is -0.315 e. The topological polar surface area (TPSA) is 46.9 Å². The first kappa shape index (κ1) is 14.6. The molecule has 0 aliphatic heterocycles. The van der Waals surface area contributed by atoms with Gasteiger partial charge in [-0.1, -0.05) is 13.8 Å². The molecule has 96 valence electrons. The van der Waals surface area contributed by atoms with Crippen LogP contribution in [0.3, 0.4) is 0 Å². The smallest absolute Gasteiger partial charge is 0.266 e. The summed E-state index contributed by atoms with van der Waals surface area (Å²) in [7, 11) is 0. The maximum Gasteiger partial charge on any atom is 0.266 e. The van der Waals surface area contributed by atoms with Gasteiger partial charge in [-0.2, -0.15) is 0 Å². The van der Waals surface area contributed by atoms with E-state index in [1.54, 1.807) is 10.9 Å². The Morgan fingerprint density at radius 1 is 1.47 bits per heavy atom. The molecule has 0 spiro atoms. The Labute approximate surface area is 116 Å². The molecule has 5 heteroatoms. The Hall–Kier alpha value is -0.430. The molecule has 0 unspecified atom stereocenters. The molecular formula is C12H20IN3O. The van der Waals surface area contributed by atoms with E-state index in [0.29, 0.717) is 6.04 Å². The number of hydrogen-bond donors (Lipinski definition) is 1. The van der Waals surface area contributed by atoms with Gasteiger partial charge in [-0.25, -0.2) is 4.98 Å². The summed E-state index contributed by atoms with van der Waals surface area (Å²) in [5.41, 5.74) is 0.892. The average molecular weight is 349 g/mol. The Morgan fingerprint density at radius 2 is 2.18 bits per heavy atom. The molecule has 1 aromatic heterocycles. The summed E-state index contributed by atoms with van der Waals surface area (Å²) in [4.78, 5) is 16.1. The van der Waals surface area contributed by atoms with Crippen molar-refractivity contribution in [1.29, 1.82) is 0 Å². The molecule has 0 fully saturated rings. The van der Waals surface area contributed by atoms with E-state index in [0.717, 1.165) is 35.2 Å². The normalized spacial score (nSPS) is 11.1. The van der Waals surface area contributed by atoms with Gasteiger partial charge in [0.15, 0.2) is 0 Å². The molecule has 0 radical (unpaired) electrons. The summed E-state index contributed by atoms with van der Waals surface area (Å²) in [6.07, 6.45) is 3.73. The van der Waals surface area contributed by atoms with E-state index in [1.807, 2.05) is 6.92 Å². The van der Waals surface area contributed by atoms with Crippen molar-refractivity contribution in [3.8, 4) is 0 Å². The first-order chi connectivity index (χ1) is 8.02. The lowest BCUT2D eigenvalue weighted by Crippen LogP contribution is -2.26. The zero-order valence-corrected chi connectivity index (χ0v) is 12.8. The fourth-order valence-corrected chi connectivity index (χ4v) is 1.95. The highest BCUT2D eigenvalue weighted by atomic mass is 127. The van der Waals surface area contributed by atoms with Gasteiger partial charge in [-0.15, -0.1) is 0 Å². The van der Waals surface area contributed by atoms with Gasteiger partial charge >= 0.3 is 0 Å². The molecule has 0 aromatic carbocycles. The van der Waals surface area contributed by atoms with Gasteiger partial charge in [0, 0.05) is 12.6 Å². The Morgan fingerprint density at radius 3 is 2.82 bits per heavy atom. The molecule has 0 saturated heterocycles. The number of aryl methyl sites for hydroxylation is 2. The van der Waals surface area contributed by atoms with Crippen LogP contribution >= 0.6 is 22.6 Å². The highest BCUT2D eigenvalue weighted by Crippen LogP contribution is 2.02. The van der Waals surface area contributed by atoms with Gasteiger partial charge in [0.2, 0.25) is 0 Å². The predicted octanol–water partition coefficient (Wildman–Crippen LogP) is 1.93. The maximum atomic E-state index is 11.9. The SMILES string of the molecule is Cc1ncn(CCCCNC(C)C)c(=O)c1I. The second-order valence-corrected chi connectivity index (χ2v) is 5.54. The van der Waals surface area contributed by atoms with Gasteiger partial charge in [0.25, 0.3) is 5.56 Å². The van der Waals surface area contributed by atoms with Crippen molar-refractivity contribution < 1.29 is 0 Å². The summed E-state index contributed by atoms with van der Waals surface area (Å²) in [6.45, 7) is 7.89. The summed E-state index contributed by atoms with van der Waals surface area (Å²) in [6, 6.07) is 0.528. The second-order valence-electron chi connectivity index (χ2n) is 4.46. The van der Waals surface area contributed by atoms with E-state index in [2.05, 4.69) is 46.7 Å². The largest absolute Gasteiger partial charge is 0.315 e. The summed E-state index contributed by atoms with van der Waals surface area (Å²) >= 11 is 2.06. The second kappa shape index (κ2) is 7.10. The molecule has 4 nitrogen and oxygen atoms in total. The molecule has 17 heavy (non-hydrogen) atoms. The van der Waals surface area contributed by atoms with E-state index in [9.17, 15) is 4.79 Å². The predicted molar refractivity (Wildman–Crippen MR) is 78.3 cm³/mol. The zero-order valence-electron chi connectivity index (χ0n) is 10.7. The van der Waals surface area contributed by atoms with Crippen molar-refractivity contribution in [2.24, 2.45) is 0 Å². The molecule has 0 bridgehead atoms. The van der Waals surface area contributed by atoms with E-state index >= 15 is 0 Å². The minimum absolute atomic E-state index is 0.0786. The molecule has 1 heterocycles. The average Bonchev–Trinajstić information content (AvgIpc) is 2.28. The highest BCUT2D eigenvalue weighted by molar-refractivity contribution is 14.1. The number of halogens is 1. The third kappa shape index (κ3) is 4.75. The van der Waals surface area contributed by atoms with Crippen LogP contribution in [0.1, 0.15) is 32.4 Å². The van der Waals surface area contributed by atoms with E-state index in [-0.39, 0.29) is 5.56 Å². The number of hydrogen-bond acceptors (Lipinski definition) is 3. The van der Waals surface area contributed by atoms with Crippen LogP contribution in [0, 0.1) is 10.5 Å².